The van der Waals surface area contributed by atoms with Crippen LogP contribution in [-0.4, -0.2) is 44.3 Å². The van der Waals surface area contributed by atoms with Gasteiger partial charge in [-0.15, -0.1) is 0 Å². The van der Waals surface area contributed by atoms with Crippen molar-refractivity contribution in [2.75, 3.05) is 0 Å². The fourth-order valence-corrected chi connectivity index (χ4v) is 9.64. The first-order valence-electron chi connectivity index (χ1n) is 17.2. The van der Waals surface area contributed by atoms with Crippen molar-refractivity contribution in [1.82, 2.24) is 0 Å². The highest BCUT2D eigenvalue weighted by molar-refractivity contribution is 5.16. The van der Waals surface area contributed by atoms with Gasteiger partial charge in [-0.3, -0.25) is 0 Å². The Morgan fingerprint density at radius 1 is 0.825 bits per heavy atom. The zero-order valence-corrected chi connectivity index (χ0v) is 29.2. The maximum Gasteiger partial charge on any atom is 0.0654 e. The lowest BCUT2D eigenvalue weighted by Gasteiger charge is -2.67. The lowest BCUT2D eigenvalue weighted by molar-refractivity contribution is -0.234. The van der Waals surface area contributed by atoms with Gasteiger partial charge < -0.3 is 20.4 Å². The highest BCUT2D eigenvalue weighted by Crippen LogP contribution is 2.70. The van der Waals surface area contributed by atoms with E-state index in [2.05, 4.69) is 40.7 Å². The van der Waals surface area contributed by atoms with Gasteiger partial charge in [-0.25, -0.2) is 0 Å². The summed E-state index contributed by atoms with van der Waals surface area (Å²) in [5.74, 6) is 1.10. The molecule has 4 fully saturated rings. The Hall–Kier alpha value is -0.420. The highest BCUT2D eigenvalue weighted by Gasteiger charge is 2.67. The minimum Gasteiger partial charge on any atom is -0.393 e. The lowest BCUT2D eigenvalue weighted by atomic mass is 9.39. The first kappa shape index (κ1) is 39.6. The Kier molecular flexibility index (Phi) is 16.8. The van der Waals surface area contributed by atoms with Gasteiger partial charge in [0.25, 0.3) is 0 Å². The van der Waals surface area contributed by atoms with Gasteiger partial charge in [0.15, 0.2) is 0 Å². The molecule has 0 bridgehead atoms. The van der Waals surface area contributed by atoms with Gasteiger partial charge in [-0.2, -0.15) is 0 Å². The average Bonchev–Trinajstić information content (AvgIpc) is 3.41. The highest BCUT2D eigenvalue weighted by atomic mass is 16.3. The maximum absolute atomic E-state index is 11.5. The first-order valence-corrected chi connectivity index (χ1v) is 17.2. The Balaban J connectivity index is 0.00000175. The van der Waals surface area contributed by atoms with Crippen LogP contribution < -0.4 is 0 Å². The maximum atomic E-state index is 11.5. The molecule has 4 nitrogen and oxygen atoms in total. The SMILES string of the molecule is CC.CC.CC.CC.CC(C)=CCCC(C)(O)C1CCC2C1C(O)CC1C2(C)CC(O)C2C(C)C(O)CCC21C. The zero-order valence-electron chi connectivity index (χ0n) is 29.2. The lowest BCUT2D eigenvalue weighted by Crippen LogP contribution is -2.65. The Labute approximate surface area is 250 Å². The van der Waals surface area contributed by atoms with Crippen molar-refractivity contribution >= 4 is 0 Å². The van der Waals surface area contributed by atoms with E-state index in [0.29, 0.717) is 11.8 Å². The topological polar surface area (TPSA) is 80.9 Å². The molecule has 0 aromatic heterocycles. The predicted octanol–water partition coefficient (Wildman–Crippen LogP) is 8.80. The van der Waals surface area contributed by atoms with Crippen LogP contribution in [0.2, 0.25) is 0 Å². The number of aliphatic hydroxyl groups is 4. The molecule has 0 aromatic carbocycles. The second-order valence-electron chi connectivity index (χ2n) is 13.2. The fourth-order valence-electron chi connectivity index (χ4n) is 9.64. The number of allylic oxidation sites excluding steroid dienone is 2. The molecule has 4 aliphatic rings. The van der Waals surface area contributed by atoms with E-state index in [1.807, 2.05) is 62.3 Å². The summed E-state index contributed by atoms with van der Waals surface area (Å²) in [5.41, 5.74) is 0.421. The van der Waals surface area contributed by atoms with Gasteiger partial charge in [-0.05, 0) is 118 Å². The Morgan fingerprint density at radius 3 is 1.90 bits per heavy atom. The van der Waals surface area contributed by atoms with Gasteiger partial charge in [0.2, 0.25) is 0 Å². The van der Waals surface area contributed by atoms with Crippen molar-refractivity contribution in [2.45, 2.75) is 172 Å². The number of aliphatic hydroxyl groups excluding tert-OH is 3. The number of rotatable bonds is 4. The minimum absolute atomic E-state index is 0.0265. The fraction of sp³-hybridized carbons (Fsp3) is 0.944. The van der Waals surface area contributed by atoms with Gasteiger partial charge in [0, 0.05) is 0 Å². The van der Waals surface area contributed by atoms with E-state index in [9.17, 15) is 20.4 Å². The monoisotopic (exact) mass is 569 g/mol. The van der Waals surface area contributed by atoms with Crippen molar-refractivity contribution in [3.8, 4) is 0 Å². The van der Waals surface area contributed by atoms with E-state index in [1.165, 1.54) is 5.57 Å². The van der Waals surface area contributed by atoms with Crippen LogP contribution in [0.4, 0.5) is 0 Å². The molecule has 0 amide bonds. The third-order valence-electron chi connectivity index (χ3n) is 11.1. The molecule has 4 saturated carbocycles. The molecule has 4 aliphatic carbocycles. The Bertz CT molecular complexity index is 728. The summed E-state index contributed by atoms with van der Waals surface area (Å²) in [4.78, 5) is 0. The quantitative estimate of drug-likeness (QED) is 0.255. The van der Waals surface area contributed by atoms with Crippen LogP contribution in [0.25, 0.3) is 0 Å². The molecule has 12 atom stereocenters. The third-order valence-corrected chi connectivity index (χ3v) is 11.1. The van der Waals surface area contributed by atoms with Crippen molar-refractivity contribution in [1.29, 1.82) is 0 Å². The van der Waals surface area contributed by atoms with E-state index < -0.39 is 17.8 Å². The van der Waals surface area contributed by atoms with Crippen LogP contribution in [-0.2, 0) is 0 Å². The zero-order chi connectivity index (χ0) is 31.6. The van der Waals surface area contributed by atoms with Gasteiger partial charge in [0.1, 0.15) is 0 Å². The van der Waals surface area contributed by atoms with Crippen molar-refractivity contribution in [2.24, 2.45) is 46.3 Å². The van der Waals surface area contributed by atoms with Crippen LogP contribution in [0.15, 0.2) is 11.6 Å². The van der Waals surface area contributed by atoms with Crippen LogP contribution in [0, 0.1) is 46.3 Å². The molecule has 40 heavy (non-hydrogen) atoms. The smallest absolute Gasteiger partial charge is 0.0654 e. The van der Waals surface area contributed by atoms with Crippen molar-refractivity contribution in [3.63, 3.8) is 0 Å². The standard InChI is InChI=1S/C28H48O4.4C2H6/c1-16(2)8-7-12-28(6,32)19-10-9-18-24(19)21(30)14-23-26(4)13-11-20(29)17(3)25(26)22(31)15-27(18,23)5;4*1-2/h8,17-25,29-32H,7,9-15H2,1-6H3;4*1-2H3. The molecule has 4 N–H and O–H groups in total. The molecule has 0 heterocycles. The number of hydrogen-bond donors (Lipinski definition) is 4. The van der Waals surface area contributed by atoms with Gasteiger partial charge >= 0.3 is 0 Å². The summed E-state index contributed by atoms with van der Waals surface area (Å²) < 4.78 is 0. The molecule has 4 rings (SSSR count). The Morgan fingerprint density at radius 2 is 1.38 bits per heavy atom. The average molecular weight is 569 g/mol. The van der Waals surface area contributed by atoms with E-state index in [4.69, 9.17) is 0 Å². The van der Waals surface area contributed by atoms with Crippen LogP contribution in [0.5, 0.6) is 0 Å². The van der Waals surface area contributed by atoms with E-state index in [-0.39, 0.29) is 40.6 Å². The molecule has 0 spiro atoms. The van der Waals surface area contributed by atoms with E-state index in [0.717, 1.165) is 51.4 Å². The first-order chi connectivity index (χ1) is 18.8. The summed E-state index contributed by atoms with van der Waals surface area (Å²) in [5, 5.41) is 45.0. The summed E-state index contributed by atoms with van der Waals surface area (Å²) in [7, 11) is 0. The third kappa shape index (κ3) is 7.74. The largest absolute Gasteiger partial charge is 0.393 e. The molecular weight excluding hydrogens is 496 g/mol. The van der Waals surface area contributed by atoms with E-state index in [1.54, 1.807) is 0 Å². The van der Waals surface area contributed by atoms with Gasteiger partial charge in [0.05, 0.1) is 23.9 Å². The normalized spacial score (nSPS) is 42.5. The molecule has 0 radical (unpaired) electrons. The molecule has 12 unspecified atom stereocenters. The van der Waals surface area contributed by atoms with Gasteiger partial charge in [-0.1, -0.05) is 87.8 Å². The van der Waals surface area contributed by atoms with Crippen LogP contribution >= 0.6 is 0 Å². The molecular formula is C36H72O4. The second-order valence-corrected chi connectivity index (χ2v) is 13.2. The molecule has 0 saturated heterocycles. The van der Waals surface area contributed by atoms with E-state index >= 15 is 0 Å². The number of hydrogen-bond acceptors (Lipinski definition) is 4. The summed E-state index contributed by atoms with van der Waals surface area (Å²) in [6, 6.07) is 0. The second kappa shape index (κ2) is 17.0. The van der Waals surface area contributed by atoms with Crippen molar-refractivity contribution < 1.29 is 20.4 Å². The summed E-state index contributed by atoms with van der Waals surface area (Å²) in [6.07, 6.45) is 7.91. The summed E-state index contributed by atoms with van der Waals surface area (Å²) in [6.45, 7) is 29.0. The van der Waals surface area contributed by atoms with Crippen molar-refractivity contribution in [3.05, 3.63) is 11.6 Å². The molecule has 0 aliphatic heterocycles. The minimum atomic E-state index is -0.779. The number of fused-ring (bicyclic) bond motifs is 5. The van der Waals surface area contributed by atoms with Crippen LogP contribution in [0.1, 0.15) is 148 Å². The summed E-state index contributed by atoms with van der Waals surface area (Å²) >= 11 is 0. The molecule has 0 aromatic rings. The molecule has 240 valence electrons. The molecule has 4 heteroatoms. The van der Waals surface area contributed by atoms with Crippen LogP contribution in [0.3, 0.4) is 0 Å². The predicted molar refractivity (Wildman–Crippen MR) is 173 cm³/mol.